The SMILES string of the molecule is CCNc1ccc(OCC(C)C)cc1Cl. The summed E-state index contributed by atoms with van der Waals surface area (Å²) in [7, 11) is 0. The first-order valence-electron chi connectivity index (χ1n) is 5.29. The molecule has 0 radical (unpaired) electrons. The van der Waals surface area contributed by atoms with Crippen molar-refractivity contribution >= 4 is 17.3 Å². The van der Waals surface area contributed by atoms with Crippen LogP contribution < -0.4 is 10.1 Å². The van der Waals surface area contributed by atoms with Crippen LogP contribution in [0.25, 0.3) is 0 Å². The smallest absolute Gasteiger partial charge is 0.120 e. The summed E-state index contributed by atoms with van der Waals surface area (Å²) in [5, 5.41) is 3.89. The van der Waals surface area contributed by atoms with Crippen molar-refractivity contribution in [2.24, 2.45) is 5.92 Å². The fourth-order valence-electron chi connectivity index (χ4n) is 1.18. The average Bonchev–Trinajstić information content (AvgIpc) is 2.19. The second-order valence-electron chi connectivity index (χ2n) is 3.88. The summed E-state index contributed by atoms with van der Waals surface area (Å²) in [6.45, 7) is 7.87. The Morgan fingerprint density at radius 2 is 2.13 bits per heavy atom. The minimum absolute atomic E-state index is 0.525. The highest BCUT2D eigenvalue weighted by molar-refractivity contribution is 6.33. The quantitative estimate of drug-likeness (QED) is 0.826. The third-order valence-corrected chi connectivity index (χ3v) is 2.20. The molecule has 1 N–H and O–H groups in total. The molecule has 0 saturated heterocycles. The van der Waals surface area contributed by atoms with E-state index in [1.165, 1.54) is 0 Å². The Bertz CT molecular complexity index is 312. The molecule has 0 saturated carbocycles. The maximum atomic E-state index is 6.08. The number of nitrogens with one attached hydrogen (secondary N) is 1. The molecule has 0 aromatic heterocycles. The van der Waals surface area contributed by atoms with Crippen LogP contribution in [0, 0.1) is 5.92 Å². The Kier molecular flexibility index (Phi) is 4.76. The van der Waals surface area contributed by atoms with Gasteiger partial charge in [-0.2, -0.15) is 0 Å². The summed E-state index contributed by atoms with van der Waals surface area (Å²) in [4.78, 5) is 0. The van der Waals surface area contributed by atoms with Crippen LogP contribution in [-0.4, -0.2) is 13.2 Å². The topological polar surface area (TPSA) is 21.3 Å². The molecule has 1 aromatic carbocycles. The Morgan fingerprint density at radius 1 is 1.40 bits per heavy atom. The molecule has 3 heteroatoms. The van der Waals surface area contributed by atoms with Gasteiger partial charge in [-0.15, -0.1) is 0 Å². The van der Waals surface area contributed by atoms with Gasteiger partial charge in [0.2, 0.25) is 0 Å². The lowest BCUT2D eigenvalue weighted by Gasteiger charge is -2.11. The monoisotopic (exact) mass is 227 g/mol. The molecule has 0 atom stereocenters. The number of hydrogen-bond donors (Lipinski definition) is 1. The summed E-state index contributed by atoms with van der Waals surface area (Å²) in [6.07, 6.45) is 0. The fraction of sp³-hybridized carbons (Fsp3) is 0.500. The van der Waals surface area contributed by atoms with Crippen LogP contribution in [0.15, 0.2) is 18.2 Å². The lowest BCUT2D eigenvalue weighted by Crippen LogP contribution is -2.04. The normalized spacial score (nSPS) is 10.5. The van der Waals surface area contributed by atoms with Gasteiger partial charge >= 0.3 is 0 Å². The Hall–Kier alpha value is -0.890. The Labute approximate surface area is 96.6 Å². The summed E-state index contributed by atoms with van der Waals surface area (Å²) in [5.41, 5.74) is 0.955. The predicted octanol–water partition coefficient (Wildman–Crippen LogP) is 3.81. The first-order valence-corrected chi connectivity index (χ1v) is 5.67. The van der Waals surface area contributed by atoms with Crippen LogP contribution in [0.4, 0.5) is 5.69 Å². The maximum Gasteiger partial charge on any atom is 0.120 e. The maximum absolute atomic E-state index is 6.08. The van der Waals surface area contributed by atoms with E-state index in [0.29, 0.717) is 10.9 Å². The number of rotatable bonds is 5. The van der Waals surface area contributed by atoms with Gasteiger partial charge in [0.15, 0.2) is 0 Å². The highest BCUT2D eigenvalue weighted by atomic mass is 35.5. The van der Waals surface area contributed by atoms with E-state index >= 15 is 0 Å². The third-order valence-electron chi connectivity index (χ3n) is 1.89. The van der Waals surface area contributed by atoms with Crippen LogP contribution in [0.3, 0.4) is 0 Å². The molecule has 0 amide bonds. The van der Waals surface area contributed by atoms with Gasteiger partial charge in [0.25, 0.3) is 0 Å². The highest BCUT2D eigenvalue weighted by Crippen LogP contribution is 2.26. The van der Waals surface area contributed by atoms with Gasteiger partial charge in [-0.25, -0.2) is 0 Å². The molecule has 0 unspecified atom stereocenters. The van der Waals surface area contributed by atoms with Crippen molar-refractivity contribution in [3.05, 3.63) is 23.2 Å². The van der Waals surface area contributed by atoms with Crippen molar-refractivity contribution in [2.45, 2.75) is 20.8 Å². The number of benzene rings is 1. The minimum atomic E-state index is 0.525. The molecular weight excluding hydrogens is 210 g/mol. The second-order valence-corrected chi connectivity index (χ2v) is 4.28. The van der Waals surface area contributed by atoms with Crippen LogP contribution in [0.1, 0.15) is 20.8 Å². The first-order chi connectivity index (χ1) is 7.13. The van der Waals surface area contributed by atoms with Crippen LogP contribution in [0.2, 0.25) is 5.02 Å². The molecule has 0 fully saturated rings. The molecule has 0 aliphatic carbocycles. The molecule has 0 spiro atoms. The largest absolute Gasteiger partial charge is 0.493 e. The van der Waals surface area contributed by atoms with Crippen molar-refractivity contribution in [3.8, 4) is 5.75 Å². The van der Waals surface area contributed by atoms with E-state index < -0.39 is 0 Å². The zero-order valence-electron chi connectivity index (χ0n) is 9.51. The summed E-state index contributed by atoms with van der Waals surface area (Å²) >= 11 is 6.08. The van der Waals surface area contributed by atoms with Gasteiger partial charge in [0.1, 0.15) is 5.75 Å². The summed E-state index contributed by atoms with van der Waals surface area (Å²) in [5.74, 6) is 1.35. The zero-order chi connectivity index (χ0) is 11.3. The van der Waals surface area contributed by atoms with E-state index in [2.05, 4.69) is 19.2 Å². The van der Waals surface area contributed by atoms with Gasteiger partial charge in [-0.1, -0.05) is 25.4 Å². The van der Waals surface area contributed by atoms with E-state index in [4.69, 9.17) is 16.3 Å². The number of anilines is 1. The van der Waals surface area contributed by atoms with Gasteiger partial charge in [0.05, 0.1) is 17.3 Å². The standard InChI is InChI=1S/C12H18ClNO/c1-4-14-12-6-5-10(7-11(12)13)15-8-9(2)3/h5-7,9,14H,4,8H2,1-3H3. The number of ether oxygens (including phenoxy) is 1. The van der Waals surface area contributed by atoms with E-state index in [0.717, 1.165) is 24.6 Å². The van der Waals surface area contributed by atoms with E-state index in [1.54, 1.807) is 0 Å². The summed E-state index contributed by atoms with van der Waals surface area (Å²) < 4.78 is 5.57. The van der Waals surface area contributed by atoms with Gasteiger partial charge in [0, 0.05) is 12.6 Å². The Morgan fingerprint density at radius 3 is 2.67 bits per heavy atom. The van der Waals surface area contributed by atoms with Gasteiger partial charge in [-0.05, 0) is 25.0 Å². The molecule has 0 aliphatic rings. The van der Waals surface area contributed by atoms with Crippen molar-refractivity contribution < 1.29 is 4.74 Å². The van der Waals surface area contributed by atoms with E-state index in [1.807, 2.05) is 25.1 Å². The zero-order valence-corrected chi connectivity index (χ0v) is 10.3. The van der Waals surface area contributed by atoms with Crippen molar-refractivity contribution in [3.63, 3.8) is 0 Å². The molecule has 0 aliphatic heterocycles. The lowest BCUT2D eigenvalue weighted by atomic mass is 10.2. The molecule has 2 nitrogen and oxygen atoms in total. The van der Waals surface area contributed by atoms with E-state index in [9.17, 15) is 0 Å². The lowest BCUT2D eigenvalue weighted by molar-refractivity contribution is 0.271. The fourth-order valence-corrected chi connectivity index (χ4v) is 1.42. The number of hydrogen-bond acceptors (Lipinski definition) is 2. The molecule has 15 heavy (non-hydrogen) atoms. The first kappa shape index (κ1) is 12.2. The van der Waals surface area contributed by atoms with Crippen LogP contribution in [-0.2, 0) is 0 Å². The van der Waals surface area contributed by atoms with Crippen molar-refractivity contribution in [2.75, 3.05) is 18.5 Å². The Balaban J connectivity index is 2.64. The summed E-state index contributed by atoms with van der Waals surface area (Å²) in [6, 6.07) is 5.73. The predicted molar refractivity (Wildman–Crippen MR) is 65.9 cm³/mol. The molecular formula is C12H18ClNO. The molecule has 1 aromatic rings. The van der Waals surface area contributed by atoms with Gasteiger partial charge in [-0.3, -0.25) is 0 Å². The van der Waals surface area contributed by atoms with Crippen molar-refractivity contribution in [1.82, 2.24) is 0 Å². The highest BCUT2D eigenvalue weighted by Gasteiger charge is 2.02. The second kappa shape index (κ2) is 5.86. The van der Waals surface area contributed by atoms with Crippen molar-refractivity contribution in [1.29, 1.82) is 0 Å². The van der Waals surface area contributed by atoms with Gasteiger partial charge < -0.3 is 10.1 Å². The third kappa shape index (κ3) is 4.00. The average molecular weight is 228 g/mol. The molecule has 1 rings (SSSR count). The molecule has 0 bridgehead atoms. The van der Waals surface area contributed by atoms with E-state index in [-0.39, 0.29) is 0 Å². The molecule has 0 heterocycles. The van der Waals surface area contributed by atoms with Crippen LogP contribution >= 0.6 is 11.6 Å². The minimum Gasteiger partial charge on any atom is -0.493 e. The number of halogens is 1. The van der Waals surface area contributed by atoms with Crippen LogP contribution in [0.5, 0.6) is 5.75 Å². The molecule has 84 valence electrons.